The Bertz CT molecular complexity index is 313. The number of aryl methyl sites for hydroxylation is 1. The maximum atomic E-state index is 5.39. The molecule has 0 aliphatic rings. The van der Waals surface area contributed by atoms with E-state index in [2.05, 4.69) is 34.6 Å². The average Bonchev–Trinajstić information content (AvgIpc) is 2.46. The van der Waals surface area contributed by atoms with Crippen molar-refractivity contribution in [3.05, 3.63) is 15.0 Å². The number of hydrogen-bond donors (Lipinski definition) is 0. The quantitative estimate of drug-likeness (QED) is 0.591. The van der Waals surface area contributed by atoms with E-state index in [0.717, 1.165) is 12.2 Å². The lowest BCUT2D eigenvalue weighted by Gasteiger charge is -2.05. The minimum Gasteiger partial charge on any atom is -0.382 e. The van der Waals surface area contributed by atoms with Crippen LogP contribution in [-0.4, -0.2) is 36.7 Å². The minimum atomic E-state index is 0.646. The summed E-state index contributed by atoms with van der Waals surface area (Å²) in [6.07, 6.45) is 0. The summed E-state index contributed by atoms with van der Waals surface area (Å²) in [5, 5.41) is 4.43. The molecule has 5 heteroatoms. The van der Waals surface area contributed by atoms with Crippen LogP contribution >= 0.6 is 22.6 Å². The van der Waals surface area contributed by atoms with E-state index in [1.165, 1.54) is 9.26 Å². The van der Waals surface area contributed by atoms with Crippen molar-refractivity contribution in [1.82, 2.24) is 9.78 Å². The Labute approximate surface area is 104 Å². The fourth-order valence-corrected chi connectivity index (χ4v) is 1.67. The van der Waals surface area contributed by atoms with Gasteiger partial charge in [0.25, 0.3) is 0 Å². The van der Waals surface area contributed by atoms with Gasteiger partial charge < -0.3 is 9.47 Å². The fraction of sp³-hybridized carbons (Fsp3) is 0.700. The molecule has 0 aliphatic heterocycles. The van der Waals surface area contributed by atoms with Crippen LogP contribution in [0.2, 0.25) is 0 Å². The zero-order valence-electron chi connectivity index (χ0n) is 9.42. The Morgan fingerprint density at radius 3 is 2.53 bits per heavy atom. The molecule has 0 amide bonds. The molecule has 0 aromatic carbocycles. The molecule has 1 aromatic rings. The van der Waals surface area contributed by atoms with Gasteiger partial charge in [0.1, 0.15) is 0 Å². The lowest BCUT2D eigenvalue weighted by Crippen LogP contribution is -2.11. The Hall–Kier alpha value is -0.140. The zero-order valence-corrected chi connectivity index (χ0v) is 11.6. The Morgan fingerprint density at radius 1 is 1.27 bits per heavy atom. The first-order valence-corrected chi connectivity index (χ1v) is 6.01. The van der Waals surface area contributed by atoms with E-state index in [-0.39, 0.29) is 0 Å². The molecule has 1 heterocycles. The number of hydrogen-bond acceptors (Lipinski definition) is 3. The highest BCUT2D eigenvalue weighted by Crippen LogP contribution is 2.14. The molecule has 0 aliphatic carbocycles. The predicted molar refractivity (Wildman–Crippen MR) is 67.1 cm³/mol. The predicted octanol–water partition coefficient (Wildman–Crippen LogP) is 1.77. The fourth-order valence-electron chi connectivity index (χ4n) is 1.29. The molecular formula is C10H17IN2O2. The first kappa shape index (κ1) is 12.9. The Morgan fingerprint density at radius 2 is 2.00 bits per heavy atom. The van der Waals surface area contributed by atoms with E-state index < -0.39 is 0 Å². The minimum absolute atomic E-state index is 0.646. The molecule has 0 saturated carbocycles. The Kier molecular flexibility index (Phi) is 5.55. The highest BCUT2D eigenvalue weighted by molar-refractivity contribution is 14.1. The zero-order chi connectivity index (χ0) is 11.3. The van der Waals surface area contributed by atoms with Crippen molar-refractivity contribution in [3.8, 4) is 0 Å². The topological polar surface area (TPSA) is 36.3 Å². The molecule has 1 rings (SSSR count). The van der Waals surface area contributed by atoms with Crippen molar-refractivity contribution >= 4 is 22.6 Å². The van der Waals surface area contributed by atoms with Crippen molar-refractivity contribution in [1.29, 1.82) is 0 Å². The lowest BCUT2D eigenvalue weighted by molar-refractivity contribution is 0.0651. The van der Waals surface area contributed by atoms with Gasteiger partial charge >= 0.3 is 0 Å². The number of ether oxygens (including phenoxy) is 2. The summed E-state index contributed by atoms with van der Waals surface area (Å²) in [5.41, 5.74) is 2.30. The van der Waals surface area contributed by atoms with Crippen LogP contribution in [0.15, 0.2) is 0 Å². The summed E-state index contributed by atoms with van der Waals surface area (Å²) in [6, 6.07) is 0. The third kappa shape index (κ3) is 3.73. The van der Waals surface area contributed by atoms with Crippen LogP contribution in [0.5, 0.6) is 0 Å². The molecule has 86 valence electrons. The van der Waals surface area contributed by atoms with Gasteiger partial charge in [0, 0.05) is 12.8 Å². The molecule has 1 aromatic heterocycles. The largest absolute Gasteiger partial charge is 0.382 e. The molecule has 0 saturated heterocycles. The van der Waals surface area contributed by atoms with Crippen molar-refractivity contribution in [2.45, 2.75) is 20.4 Å². The molecule has 4 nitrogen and oxygen atoms in total. The molecule has 15 heavy (non-hydrogen) atoms. The molecule has 0 unspecified atom stereocenters. The van der Waals surface area contributed by atoms with E-state index >= 15 is 0 Å². The summed E-state index contributed by atoms with van der Waals surface area (Å²) in [6.45, 7) is 6.89. The van der Waals surface area contributed by atoms with Crippen LogP contribution in [0.1, 0.15) is 11.4 Å². The molecule has 0 N–H and O–H groups in total. The first-order valence-electron chi connectivity index (χ1n) is 4.93. The normalized spacial score (nSPS) is 10.9. The molecule has 0 spiro atoms. The summed E-state index contributed by atoms with van der Waals surface area (Å²) >= 11 is 2.32. The van der Waals surface area contributed by atoms with Crippen LogP contribution < -0.4 is 0 Å². The second-order valence-electron chi connectivity index (χ2n) is 3.31. The highest BCUT2D eigenvalue weighted by atomic mass is 127. The van der Waals surface area contributed by atoms with E-state index in [9.17, 15) is 0 Å². The van der Waals surface area contributed by atoms with Crippen molar-refractivity contribution in [2.75, 3.05) is 26.9 Å². The number of aromatic nitrogens is 2. The second kappa shape index (κ2) is 6.44. The van der Waals surface area contributed by atoms with Crippen molar-refractivity contribution < 1.29 is 9.47 Å². The Balaban J connectivity index is 2.34. The summed E-state index contributed by atoms with van der Waals surface area (Å²) in [4.78, 5) is 0. The van der Waals surface area contributed by atoms with Gasteiger partial charge in [0.2, 0.25) is 0 Å². The molecule has 0 atom stereocenters. The smallest absolute Gasteiger partial charge is 0.0730 e. The van der Waals surface area contributed by atoms with Gasteiger partial charge in [-0.3, -0.25) is 4.68 Å². The van der Waals surface area contributed by atoms with E-state index in [4.69, 9.17) is 9.47 Å². The van der Waals surface area contributed by atoms with Crippen LogP contribution in [0, 0.1) is 17.4 Å². The summed E-state index contributed by atoms with van der Waals surface area (Å²) in [5.74, 6) is 0. The molecular weight excluding hydrogens is 307 g/mol. The van der Waals surface area contributed by atoms with Gasteiger partial charge in [-0.15, -0.1) is 0 Å². The second-order valence-corrected chi connectivity index (χ2v) is 4.39. The maximum absolute atomic E-state index is 5.39. The third-order valence-electron chi connectivity index (χ3n) is 2.17. The third-order valence-corrected chi connectivity index (χ3v) is 3.73. The lowest BCUT2D eigenvalue weighted by atomic mass is 10.4. The monoisotopic (exact) mass is 324 g/mol. The number of methoxy groups -OCH3 is 1. The standard InChI is InChI=1S/C10H17IN2O2/c1-8-10(11)9(2)13(12-8)4-5-15-7-6-14-3/h4-7H2,1-3H3. The number of nitrogens with zero attached hydrogens (tertiary/aromatic N) is 2. The van der Waals surface area contributed by atoms with Crippen molar-refractivity contribution in [2.24, 2.45) is 0 Å². The van der Waals surface area contributed by atoms with Gasteiger partial charge in [-0.2, -0.15) is 5.10 Å². The van der Waals surface area contributed by atoms with Crippen LogP contribution in [-0.2, 0) is 16.0 Å². The molecule has 0 radical (unpaired) electrons. The van der Waals surface area contributed by atoms with Gasteiger partial charge in [-0.1, -0.05) is 0 Å². The number of rotatable bonds is 6. The SMILES string of the molecule is COCCOCCn1nc(C)c(I)c1C. The average molecular weight is 324 g/mol. The van der Waals surface area contributed by atoms with E-state index in [1.54, 1.807) is 7.11 Å². The van der Waals surface area contributed by atoms with E-state index in [1.807, 2.05) is 11.6 Å². The maximum Gasteiger partial charge on any atom is 0.0730 e. The number of halogens is 1. The van der Waals surface area contributed by atoms with Gasteiger partial charge in [0.15, 0.2) is 0 Å². The first-order chi connectivity index (χ1) is 7.16. The van der Waals surface area contributed by atoms with E-state index in [0.29, 0.717) is 19.8 Å². The highest BCUT2D eigenvalue weighted by Gasteiger charge is 2.07. The van der Waals surface area contributed by atoms with Crippen molar-refractivity contribution in [3.63, 3.8) is 0 Å². The molecule has 0 fully saturated rings. The van der Waals surface area contributed by atoms with Crippen LogP contribution in [0.3, 0.4) is 0 Å². The van der Waals surface area contributed by atoms with Gasteiger partial charge in [-0.05, 0) is 36.4 Å². The van der Waals surface area contributed by atoms with Crippen LogP contribution in [0.25, 0.3) is 0 Å². The summed E-state index contributed by atoms with van der Waals surface area (Å²) < 4.78 is 13.5. The van der Waals surface area contributed by atoms with Crippen LogP contribution in [0.4, 0.5) is 0 Å². The van der Waals surface area contributed by atoms with Gasteiger partial charge in [-0.25, -0.2) is 0 Å². The molecule has 0 bridgehead atoms. The van der Waals surface area contributed by atoms with Gasteiger partial charge in [0.05, 0.1) is 35.6 Å². The summed E-state index contributed by atoms with van der Waals surface area (Å²) in [7, 11) is 1.67.